The summed E-state index contributed by atoms with van der Waals surface area (Å²) >= 11 is 12.8. The predicted molar refractivity (Wildman–Crippen MR) is 126 cm³/mol. The molecule has 3 aromatic rings. The van der Waals surface area contributed by atoms with E-state index in [-0.39, 0.29) is 6.04 Å². The molecule has 1 aliphatic carbocycles. The van der Waals surface area contributed by atoms with Crippen molar-refractivity contribution in [3.8, 4) is 0 Å². The minimum Gasteiger partial charge on any atom is -0.377 e. The lowest BCUT2D eigenvalue weighted by atomic mass is 9.83. The fourth-order valence-electron chi connectivity index (χ4n) is 5.03. The van der Waals surface area contributed by atoms with Crippen LogP contribution in [0.15, 0.2) is 36.4 Å². The molecule has 7 heteroatoms. The van der Waals surface area contributed by atoms with Crippen LogP contribution in [0.1, 0.15) is 44.2 Å². The van der Waals surface area contributed by atoms with Crippen molar-refractivity contribution in [3.63, 3.8) is 0 Å². The molecule has 1 saturated carbocycles. The molecule has 0 N–H and O–H groups in total. The summed E-state index contributed by atoms with van der Waals surface area (Å²) in [5.74, 6) is 2.38. The Morgan fingerprint density at radius 1 is 1.06 bits per heavy atom. The van der Waals surface area contributed by atoms with E-state index in [0.717, 1.165) is 36.0 Å². The Kier molecular flexibility index (Phi) is 6.09. The molecule has 1 saturated heterocycles. The van der Waals surface area contributed by atoms with Gasteiger partial charge in [-0.1, -0.05) is 73.3 Å². The van der Waals surface area contributed by atoms with Gasteiger partial charge in [-0.2, -0.15) is 0 Å². The first-order chi connectivity index (χ1) is 15.1. The summed E-state index contributed by atoms with van der Waals surface area (Å²) in [4.78, 5) is 11.7. The zero-order valence-electron chi connectivity index (χ0n) is 17.8. The maximum atomic E-state index is 6.61. The van der Waals surface area contributed by atoms with Crippen LogP contribution in [0.25, 0.3) is 11.0 Å². The molecule has 1 aromatic carbocycles. The van der Waals surface area contributed by atoms with Gasteiger partial charge >= 0.3 is 0 Å². The number of fused-ring (bicyclic) bond motifs is 1. The normalized spacial score (nSPS) is 24.6. The van der Waals surface area contributed by atoms with Crippen molar-refractivity contribution >= 4 is 40.2 Å². The highest BCUT2D eigenvalue weighted by Crippen LogP contribution is 2.37. The van der Waals surface area contributed by atoms with Crippen molar-refractivity contribution in [1.82, 2.24) is 14.5 Å². The summed E-state index contributed by atoms with van der Waals surface area (Å²) in [6.07, 6.45) is 5.05. The number of ether oxygens (including phenoxy) is 1. The number of aromatic nitrogens is 3. The first-order valence-corrected chi connectivity index (χ1v) is 12.0. The van der Waals surface area contributed by atoms with Gasteiger partial charge in [0.05, 0.1) is 24.8 Å². The molecule has 2 fully saturated rings. The van der Waals surface area contributed by atoms with Crippen molar-refractivity contribution in [1.29, 1.82) is 0 Å². The van der Waals surface area contributed by atoms with Crippen LogP contribution < -0.4 is 4.90 Å². The first-order valence-electron chi connectivity index (χ1n) is 11.2. The van der Waals surface area contributed by atoms with Gasteiger partial charge in [0.15, 0.2) is 5.15 Å². The smallest absolute Gasteiger partial charge is 0.207 e. The summed E-state index contributed by atoms with van der Waals surface area (Å²) in [5.41, 5.74) is 2.93. The Hall–Kier alpha value is -1.82. The Morgan fingerprint density at radius 3 is 2.61 bits per heavy atom. The van der Waals surface area contributed by atoms with Crippen LogP contribution >= 0.6 is 23.2 Å². The number of pyridine rings is 1. The van der Waals surface area contributed by atoms with Crippen LogP contribution in [0.2, 0.25) is 10.3 Å². The second-order valence-electron chi connectivity index (χ2n) is 8.95. The van der Waals surface area contributed by atoms with E-state index in [1.807, 2.05) is 12.1 Å². The Labute approximate surface area is 193 Å². The summed E-state index contributed by atoms with van der Waals surface area (Å²) < 4.78 is 8.16. The molecule has 2 aromatic heterocycles. The van der Waals surface area contributed by atoms with Gasteiger partial charge in [0.2, 0.25) is 5.95 Å². The lowest BCUT2D eigenvalue weighted by molar-refractivity contribution is 0.0927. The molecule has 0 radical (unpaired) electrons. The minimum atomic E-state index is 0.110. The fourth-order valence-corrected chi connectivity index (χ4v) is 5.55. The van der Waals surface area contributed by atoms with Crippen LogP contribution in [0.5, 0.6) is 0 Å². The number of benzene rings is 1. The third kappa shape index (κ3) is 4.28. The highest BCUT2D eigenvalue weighted by molar-refractivity contribution is 6.36. The highest BCUT2D eigenvalue weighted by Gasteiger charge is 2.31. The van der Waals surface area contributed by atoms with Gasteiger partial charge in [-0.15, -0.1) is 0 Å². The van der Waals surface area contributed by atoms with Gasteiger partial charge in [0, 0.05) is 19.2 Å². The number of halogens is 2. The van der Waals surface area contributed by atoms with Crippen LogP contribution in [0, 0.1) is 11.8 Å². The van der Waals surface area contributed by atoms with E-state index in [0.29, 0.717) is 29.4 Å². The van der Waals surface area contributed by atoms with E-state index < -0.39 is 0 Å². The van der Waals surface area contributed by atoms with Crippen molar-refractivity contribution in [2.24, 2.45) is 11.8 Å². The second kappa shape index (κ2) is 8.97. The molecule has 5 nitrogen and oxygen atoms in total. The van der Waals surface area contributed by atoms with E-state index >= 15 is 0 Å². The van der Waals surface area contributed by atoms with E-state index in [1.54, 1.807) is 0 Å². The van der Waals surface area contributed by atoms with Crippen LogP contribution in [-0.4, -0.2) is 34.3 Å². The predicted octanol–water partition coefficient (Wildman–Crippen LogP) is 6.14. The quantitative estimate of drug-likeness (QED) is 0.440. The molecule has 31 heavy (non-hydrogen) atoms. The van der Waals surface area contributed by atoms with Crippen molar-refractivity contribution in [2.45, 2.75) is 45.2 Å². The van der Waals surface area contributed by atoms with Gasteiger partial charge in [0.25, 0.3) is 0 Å². The van der Waals surface area contributed by atoms with Gasteiger partial charge in [0.1, 0.15) is 10.7 Å². The highest BCUT2D eigenvalue weighted by atomic mass is 35.5. The molecule has 0 amide bonds. The number of morpholine rings is 1. The van der Waals surface area contributed by atoms with Gasteiger partial charge in [-0.05, 0) is 30.2 Å². The van der Waals surface area contributed by atoms with Crippen LogP contribution in [-0.2, 0) is 11.3 Å². The standard InChI is InChI=1S/C24H28Cl2N4O/c1-16-7-9-17(10-8-16)14-30-22-19(13-21(25)28-23(22)26)27-24(30)29-11-12-31-15-20(29)18-5-3-2-4-6-18/h2-6,13,16-17,20H,7-12,14-15H2,1H3/t16?,17?,20-/m0/s1. The lowest BCUT2D eigenvalue weighted by Gasteiger charge is -2.37. The van der Waals surface area contributed by atoms with Crippen molar-refractivity contribution < 1.29 is 4.74 Å². The summed E-state index contributed by atoms with van der Waals surface area (Å²) in [6, 6.07) is 12.5. The van der Waals surface area contributed by atoms with Crippen LogP contribution in [0.3, 0.4) is 0 Å². The fraction of sp³-hybridized carbons (Fsp3) is 0.500. The summed E-state index contributed by atoms with van der Waals surface area (Å²) in [6.45, 7) is 5.36. The van der Waals surface area contributed by atoms with E-state index in [9.17, 15) is 0 Å². The lowest BCUT2D eigenvalue weighted by Crippen LogP contribution is -2.41. The number of anilines is 1. The minimum absolute atomic E-state index is 0.110. The number of nitrogens with zero attached hydrogens (tertiary/aromatic N) is 4. The van der Waals surface area contributed by atoms with E-state index in [4.69, 9.17) is 32.9 Å². The molecule has 0 spiro atoms. The Morgan fingerprint density at radius 2 is 1.84 bits per heavy atom. The van der Waals surface area contributed by atoms with Gasteiger partial charge in [-0.25, -0.2) is 9.97 Å². The Bertz CT molecular complexity index is 1050. The maximum Gasteiger partial charge on any atom is 0.207 e. The molecule has 0 unspecified atom stereocenters. The number of hydrogen-bond donors (Lipinski definition) is 0. The summed E-state index contributed by atoms with van der Waals surface area (Å²) in [5, 5.41) is 0.803. The zero-order valence-corrected chi connectivity index (χ0v) is 19.3. The largest absolute Gasteiger partial charge is 0.377 e. The molecule has 3 heterocycles. The van der Waals surface area contributed by atoms with Gasteiger partial charge < -0.3 is 14.2 Å². The molecular formula is C24H28Cl2N4O. The molecule has 5 rings (SSSR count). The van der Waals surface area contributed by atoms with E-state index in [2.05, 4.69) is 45.6 Å². The molecule has 1 atom stereocenters. The monoisotopic (exact) mass is 458 g/mol. The third-order valence-corrected chi connectivity index (χ3v) is 7.23. The van der Waals surface area contributed by atoms with Gasteiger partial charge in [-0.3, -0.25) is 0 Å². The second-order valence-corrected chi connectivity index (χ2v) is 9.69. The Balaban J connectivity index is 1.58. The third-order valence-electron chi connectivity index (χ3n) is 6.78. The molecule has 0 bridgehead atoms. The summed E-state index contributed by atoms with van der Waals surface area (Å²) in [7, 11) is 0. The first kappa shape index (κ1) is 21.0. The molecule has 164 valence electrons. The van der Waals surface area contributed by atoms with Crippen molar-refractivity contribution in [2.75, 3.05) is 24.7 Å². The molecule has 2 aliphatic rings. The van der Waals surface area contributed by atoms with Crippen molar-refractivity contribution in [3.05, 3.63) is 52.3 Å². The molecular weight excluding hydrogens is 431 g/mol. The SMILES string of the molecule is CC1CCC(Cn2c(N3CCOC[C@H]3c3ccccc3)nc3cc(Cl)nc(Cl)c32)CC1. The average molecular weight is 459 g/mol. The number of hydrogen-bond acceptors (Lipinski definition) is 4. The average Bonchev–Trinajstić information content (AvgIpc) is 3.14. The number of rotatable bonds is 4. The van der Waals surface area contributed by atoms with Crippen LogP contribution in [0.4, 0.5) is 5.95 Å². The molecule has 1 aliphatic heterocycles. The topological polar surface area (TPSA) is 43.2 Å². The number of imidazole rings is 1. The maximum absolute atomic E-state index is 6.61. The van der Waals surface area contributed by atoms with E-state index in [1.165, 1.54) is 31.2 Å². The zero-order chi connectivity index (χ0) is 21.4.